The van der Waals surface area contributed by atoms with E-state index in [1.54, 1.807) is 12.3 Å². The highest BCUT2D eigenvalue weighted by Gasteiger charge is 1.96. The number of aliphatic hydroxyl groups is 1. The number of nitrogens with two attached hydrogens (primary N) is 1. The lowest BCUT2D eigenvalue weighted by Gasteiger charge is -2.04. The molecule has 0 saturated heterocycles. The van der Waals surface area contributed by atoms with Crippen LogP contribution in [-0.2, 0) is 0 Å². The first-order chi connectivity index (χ1) is 5.20. The first-order valence-corrected chi connectivity index (χ1v) is 3.04. The average Bonchev–Trinajstić information content (AvgIpc) is 1.93. The third kappa shape index (κ3) is 1.86. The molecular weight excluding hydrogens is 142 g/mol. The number of aromatic nitrogens is 1. The highest BCUT2D eigenvalue weighted by molar-refractivity contribution is 5.65. The van der Waals surface area contributed by atoms with Gasteiger partial charge in [-0.1, -0.05) is 0 Å². The molecule has 0 aliphatic heterocycles. The molecule has 0 fully saturated rings. The Labute approximate surface area is 64.4 Å². The minimum Gasteiger partial charge on any atom is -0.495 e. The summed E-state index contributed by atoms with van der Waals surface area (Å²) in [7, 11) is 0. The van der Waals surface area contributed by atoms with E-state index in [-0.39, 0.29) is 5.88 Å². The maximum absolute atomic E-state index is 8.74. The van der Waals surface area contributed by atoms with Crippen LogP contribution in [0.3, 0.4) is 0 Å². The molecule has 58 valence electrons. The third-order valence-electron chi connectivity index (χ3n) is 1.13. The number of nitrogens with zero attached hydrogens (tertiary/aromatic N) is 1. The molecule has 0 saturated carbocycles. The van der Waals surface area contributed by atoms with Gasteiger partial charge in [0.2, 0.25) is 0 Å². The van der Waals surface area contributed by atoms with Crippen LogP contribution in [0.4, 0.5) is 11.4 Å². The number of pyridine rings is 1. The van der Waals surface area contributed by atoms with Gasteiger partial charge in [0.15, 0.2) is 5.88 Å². The molecule has 1 heterocycles. The van der Waals surface area contributed by atoms with Gasteiger partial charge < -0.3 is 16.2 Å². The number of rotatable bonds is 2. The van der Waals surface area contributed by atoms with Gasteiger partial charge in [0, 0.05) is 6.20 Å². The van der Waals surface area contributed by atoms with Crippen molar-refractivity contribution in [1.82, 2.24) is 4.98 Å². The Morgan fingerprint density at radius 3 is 3.00 bits per heavy atom. The third-order valence-corrected chi connectivity index (χ3v) is 1.13. The van der Waals surface area contributed by atoms with Crippen molar-refractivity contribution in [2.45, 2.75) is 0 Å². The second-order valence-corrected chi connectivity index (χ2v) is 2.03. The fourth-order valence-corrected chi connectivity index (χ4v) is 0.665. The van der Waals surface area contributed by atoms with Gasteiger partial charge in [0.25, 0.3) is 0 Å². The summed E-state index contributed by atoms with van der Waals surface area (Å²) in [5.41, 5.74) is 6.59. The van der Waals surface area contributed by atoms with Crippen LogP contribution in [0, 0.1) is 0 Å². The molecule has 1 aromatic heterocycles. The van der Waals surface area contributed by atoms with Crippen molar-refractivity contribution in [3.8, 4) is 0 Å². The lowest BCUT2D eigenvalue weighted by Crippen LogP contribution is -2.00. The van der Waals surface area contributed by atoms with Crippen molar-refractivity contribution in [2.75, 3.05) is 11.1 Å². The molecule has 0 aliphatic rings. The summed E-state index contributed by atoms with van der Waals surface area (Å²) in [6, 6.07) is 1.63. The van der Waals surface area contributed by atoms with Gasteiger partial charge in [0.05, 0.1) is 17.6 Å². The molecule has 4 heteroatoms. The minimum absolute atomic E-state index is 0.148. The van der Waals surface area contributed by atoms with E-state index in [0.717, 1.165) is 0 Å². The Morgan fingerprint density at radius 2 is 2.45 bits per heavy atom. The highest BCUT2D eigenvalue weighted by atomic mass is 16.3. The van der Waals surface area contributed by atoms with Crippen molar-refractivity contribution < 1.29 is 5.11 Å². The molecule has 4 nitrogen and oxygen atoms in total. The molecule has 0 radical (unpaired) electrons. The van der Waals surface area contributed by atoms with Crippen LogP contribution in [0.5, 0.6) is 0 Å². The number of nitrogens with one attached hydrogen (secondary N) is 1. The van der Waals surface area contributed by atoms with E-state index in [4.69, 9.17) is 10.8 Å². The van der Waals surface area contributed by atoms with Crippen molar-refractivity contribution in [1.29, 1.82) is 0 Å². The van der Waals surface area contributed by atoms with Crippen LogP contribution in [0.25, 0.3) is 0 Å². The van der Waals surface area contributed by atoms with Gasteiger partial charge in [-0.25, -0.2) is 0 Å². The maximum atomic E-state index is 8.74. The molecule has 0 aliphatic carbocycles. The molecule has 0 spiro atoms. The zero-order valence-electron chi connectivity index (χ0n) is 5.91. The van der Waals surface area contributed by atoms with Gasteiger partial charge in [-0.05, 0) is 12.6 Å². The summed E-state index contributed by atoms with van der Waals surface area (Å²) in [4.78, 5) is 3.80. The predicted molar refractivity (Wildman–Crippen MR) is 44.0 cm³/mol. The van der Waals surface area contributed by atoms with E-state index in [0.29, 0.717) is 11.4 Å². The molecule has 11 heavy (non-hydrogen) atoms. The zero-order valence-corrected chi connectivity index (χ0v) is 5.91. The summed E-state index contributed by atoms with van der Waals surface area (Å²) < 4.78 is 0. The lowest BCUT2D eigenvalue weighted by atomic mass is 10.3. The number of anilines is 2. The Kier molecular flexibility index (Phi) is 1.96. The number of hydrogen-bond acceptors (Lipinski definition) is 4. The topological polar surface area (TPSA) is 71.2 Å². The Hall–Kier alpha value is -1.71. The zero-order chi connectivity index (χ0) is 8.27. The van der Waals surface area contributed by atoms with E-state index >= 15 is 0 Å². The van der Waals surface area contributed by atoms with Gasteiger partial charge in [-0.3, -0.25) is 4.98 Å². The second kappa shape index (κ2) is 2.92. The first kappa shape index (κ1) is 7.40. The van der Waals surface area contributed by atoms with Crippen molar-refractivity contribution >= 4 is 11.4 Å². The van der Waals surface area contributed by atoms with Crippen LogP contribution in [-0.4, -0.2) is 10.1 Å². The van der Waals surface area contributed by atoms with Gasteiger partial charge in [0.1, 0.15) is 0 Å². The van der Waals surface area contributed by atoms with Gasteiger partial charge in [-0.2, -0.15) is 0 Å². The molecule has 0 unspecified atom stereocenters. The van der Waals surface area contributed by atoms with E-state index < -0.39 is 0 Å². The summed E-state index contributed by atoms with van der Waals surface area (Å²) in [6.45, 7) is 3.25. The van der Waals surface area contributed by atoms with Gasteiger partial charge >= 0.3 is 0 Å². The average molecular weight is 151 g/mol. The standard InChI is InChI=1S/C7H9N3O/c1-5(11)10-7-4-9-3-2-6(7)8/h2-4,10-11H,1H2,(H2,8,9). The number of hydrogen-bond donors (Lipinski definition) is 3. The minimum atomic E-state index is -0.148. The normalized spacial score (nSPS) is 9.09. The summed E-state index contributed by atoms with van der Waals surface area (Å²) in [6.07, 6.45) is 3.08. The summed E-state index contributed by atoms with van der Waals surface area (Å²) >= 11 is 0. The molecule has 0 bridgehead atoms. The monoisotopic (exact) mass is 151 g/mol. The number of aliphatic hydroxyl groups excluding tert-OH is 1. The molecular formula is C7H9N3O. The molecule has 1 aromatic rings. The Balaban J connectivity index is 2.86. The van der Waals surface area contributed by atoms with Crippen LogP contribution < -0.4 is 11.1 Å². The largest absolute Gasteiger partial charge is 0.495 e. The second-order valence-electron chi connectivity index (χ2n) is 2.03. The predicted octanol–water partition coefficient (Wildman–Crippen LogP) is 1.10. The highest BCUT2D eigenvalue weighted by Crippen LogP contribution is 2.15. The van der Waals surface area contributed by atoms with Crippen molar-refractivity contribution in [3.05, 3.63) is 30.9 Å². The number of nitrogen functional groups attached to an aromatic ring is 1. The summed E-state index contributed by atoms with van der Waals surface area (Å²) in [5, 5.41) is 11.3. The Bertz CT molecular complexity index is 272. The van der Waals surface area contributed by atoms with E-state index in [1.165, 1.54) is 6.20 Å². The quantitative estimate of drug-likeness (QED) is 0.553. The van der Waals surface area contributed by atoms with Crippen molar-refractivity contribution in [2.24, 2.45) is 0 Å². The van der Waals surface area contributed by atoms with E-state index in [9.17, 15) is 0 Å². The maximum Gasteiger partial charge on any atom is 0.181 e. The first-order valence-electron chi connectivity index (χ1n) is 3.04. The van der Waals surface area contributed by atoms with Crippen LogP contribution in [0.15, 0.2) is 30.9 Å². The molecule has 4 N–H and O–H groups in total. The van der Waals surface area contributed by atoms with Crippen LogP contribution in [0.1, 0.15) is 0 Å². The van der Waals surface area contributed by atoms with Gasteiger partial charge in [-0.15, -0.1) is 0 Å². The SMILES string of the molecule is C=C(O)Nc1cnccc1N. The molecule has 0 atom stereocenters. The lowest BCUT2D eigenvalue weighted by molar-refractivity contribution is 0.422. The molecule has 1 rings (SSSR count). The van der Waals surface area contributed by atoms with Crippen LogP contribution >= 0.6 is 0 Å². The van der Waals surface area contributed by atoms with Crippen molar-refractivity contribution in [3.63, 3.8) is 0 Å². The fraction of sp³-hybridized carbons (Fsp3) is 0. The molecule has 0 amide bonds. The fourth-order valence-electron chi connectivity index (χ4n) is 0.665. The van der Waals surface area contributed by atoms with Crippen LogP contribution in [0.2, 0.25) is 0 Å². The van der Waals surface area contributed by atoms with E-state index in [1.807, 2.05) is 0 Å². The summed E-state index contributed by atoms with van der Waals surface area (Å²) in [5.74, 6) is -0.148. The van der Waals surface area contributed by atoms with E-state index in [2.05, 4.69) is 16.9 Å². The smallest absolute Gasteiger partial charge is 0.181 e. The molecule has 0 aromatic carbocycles. The Morgan fingerprint density at radius 1 is 1.73 bits per heavy atom.